The van der Waals surface area contributed by atoms with E-state index in [4.69, 9.17) is 10.5 Å². The van der Waals surface area contributed by atoms with Crippen molar-refractivity contribution in [2.75, 3.05) is 18.1 Å². The number of benzene rings is 2. The summed E-state index contributed by atoms with van der Waals surface area (Å²) < 4.78 is 17.8. The highest BCUT2D eigenvalue weighted by atomic mass is 32.2. The first-order valence-electron chi connectivity index (χ1n) is 7.03. The van der Waals surface area contributed by atoms with Gasteiger partial charge in [0, 0.05) is 4.90 Å². The molecular weight excluding hydrogens is 282 g/mol. The zero-order chi connectivity index (χ0) is 15.2. The molecule has 4 heteroatoms. The largest absolute Gasteiger partial charge is 0.490 e. The Labute approximate surface area is 128 Å². The van der Waals surface area contributed by atoms with E-state index in [1.807, 2.05) is 42.5 Å². The van der Waals surface area contributed by atoms with Gasteiger partial charge in [0.25, 0.3) is 0 Å². The summed E-state index contributed by atoms with van der Waals surface area (Å²) in [4.78, 5) is 0.837. The van der Waals surface area contributed by atoms with Crippen LogP contribution < -0.4 is 10.5 Å². The molecule has 0 aromatic heterocycles. The molecule has 0 amide bonds. The molecule has 0 saturated carbocycles. The van der Waals surface area contributed by atoms with Gasteiger partial charge in [-0.25, -0.2) is 0 Å². The second-order valence-electron chi connectivity index (χ2n) is 5.16. The summed E-state index contributed by atoms with van der Waals surface area (Å²) in [6.45, 7) is 4.67. The van der Waals surface area contributed by atoms with Crippen molar-refractivity contribution >= 4 is 16.5 Å². The van der Waals surface area contributed by atoms with E-state index in [0.717, 1.165) is 4.90 Å². The molecule has 1 unspecified atom stereocenters. The smallest absolute Gasteiger partial charge is 0.142 e. The van der Waals surface area contributed by atoms with Crippen molar-refractivity contribution < 1.29 is 8.95 Å². The summed E-state index contributed by atoms with van der Waals surface area (Å²) in [7, 11) is -1.05. The SMILES string of the molecule is CC(C)c1ccc(S(=O)CCOc2ccccc2N)cc1. The average Bonchev–Trinajstić information content (AvgIpc) is 2.49. The normalized spacial score (nSPS) is 12.3. The molecule has 2 aromatic rings. The maximum atomic E-state index is 12.2. The minimum absolute atomic E-state index is 0.382. The van der Waals surface area contributed by atoms with Crippen LogP contribution in [-0.4, -0.2) is 16.6 Å². The zero-order valence-corrected chi connectivity index (χ0v) is 13.2. The molecule has 3 nitrogen and oxygen atoms in total. The molecule has 0 bridgehead atoms. The van der Waals surface area contributed by atoms with Crippen molar-refractivity contribution in [2.45, 2.75) is 24.7 Å². The summed E-state index contributed by atoms with van der Waals surface area (Å²) in [5.41, 5.74) is 7.65. The van der Waals surface area contributed by atoms with Gasteiger partial charge in [0.05, 0.1) is 22.2 Å². The van der Waals surface area contributed by atoms with Crippen LogP contribution in [0.25, 0.3) is 0 Å². The van der Waals surface area contributed by atoms with Gasteiger partial charge in [-0.05, 0) is 35.7 Å². The lowest BCUT2D eigenvalue weighted by molar-refractivity contribution is 0.344. The predicted molar refractivity (Wildman–Crippen MR) is 88.2 cm³/mol. The van der Waals surface area contributed by atoms with Gasteiger partial charge in [-0.2, -0.15) is 0 Å². The fourth-order valence-corrected chi connectivity index (χ4v) is 2.87. The Balaban J connectivity index is 1.88. The minimum Gasteiger partial charge on any atom is -0.490 e. The number of hydrogen-bond donors (Lipinski definition) is 1. The summed E-state index contributed by atoms with van der Waals surface area (Å²) in [5.74, 6) is 1.58. The number of hydrogen-bond acceptors (Lipinski definition) is 3. The summed E-state index contributed by atoms with van der Waals surface area (Å²) in [6, 6.07) is 15.3. The van der Waals surface area contributed by atoms with Crippen LogP contribution in [0, 0.1) is 0 Å². The van der Waals surface area contributed by atoms with E-state index < -0.39 is 10.8 Å². The molecule has 0 fully saturated rings. The molecule has 0 radical (unpaired) electrons. The summed E-state index contributed by atoms with van der Waals surface area (Å²) >= 11 is 0. The van der Waals surface area contributed by atoms with Crippen molar-refractivity contribution in [3.05, 3.63) is 54.1 Å². The molecule has 0 aliphatic rings. The monoisotopic (exact) mass is 303 g/mol. The van der Waals surface area contributed by atoms with Crippen LogP contribution in [0.5, 0.6) is 5.75 Å². The first kappa shape index (κ1) is 15.6. The van der Waals surface area contributed by atoms with Gasteiger partial charge >= 0.3 is 0 Å². The van der Waals surface area contributed by atoms with E-state index in [9.17, 15) is 4.21 Å². The molecule has 112 valence electrons. The Hall–Kier alpha value is -1.81. The summed E-state index contributed by atoms with van der Waals surface area (Å²) in [5, 5.41) is 0. The van der Waals surface area contributed by atoms with Gasteiger partial charge in [-0.15, -0.1) is 0 Å². The standard InChI is InChI=1S/C17H21NO2S/c1-13(2)14-7-9-15(10-8-14)21(19)12-11-20-17-6-4-3-5-16(17)18/h3-10,13H,11-12,18H2,1-2H3. The molecule has 2 N–H and O–H groups in total. The predicted octanol–water partition coefficient (Wildman–Crippen LogP) is 3.58. The Morgan fingerprint density at radius 3 is 2.38 bits per heavy atom. The molecule has 21 heavy (non-hydrogen) atoms. The van der Waals surface area contributed by atoms with Crippen molar-refractivity contribution in [3.63, 3.8) is 0 Å². The van der Waals surface area contributed by atoms with E-state index in [1.54, 1.807) is 6.07 Å². The van der Waals surface area contributed by atoms with Gasteiger partial charge < -0.3 is 10.5 Å². The van der Waals surface area contributed by atoms with E-state index in [-0.39, 0.29) is 0 Å². The first-order chi connectivity index (χ1) is 10.1. The number of rotatable bonds is 6. The zero-order valence-electron chi connectivity index (χ0n) is 12.4. The van der Waals surface area contributed by atoms with E-state index in [2.05, 4.69) is 13.8 Å². The third kappa shape index (κ3) is 4.33. The molecule has 0 spiro atoms. The maximum Gasteiger partial charge on any atom is 0.142 e. The minimum atomic E-state index is -1.05. The number of anilines is 1. The molecule has 2 rings (SSSR count). The van der Waals surface area contributed by atoms with E-state index >= 15 is 0 Å². The average molecular weight is 303 g/mol. The molecule has 1 atom stereocenters. The van der Waals surface area contributed by atoms with Crippen LogP contribution in [0.2, 0.25) is 0 Å². The number of para-hydroxylation sites is 2. The van der Waals surface area contributed by atoms with Crippen molar-refractivity contribution in [2.24, 2.45) is 0 Å². The highest BCUT2D eigenvalue weighted by Crippen LogP contribution is 2.20. The Bertz CT molecular complexity index is 608. The van der Waals surface area contributed by atoms with Crippen LogP contribution in [0.3, 0.4) is 0 Å². The van der Waals surface area contributed by atoms with Gasteiger partial charge in [0.2, 0.25) is 0 Å². The first-order valence-corrected chi connectivity index (χ1v) is 8.35. The second-order valence-corrected chi connectivity index (χ2v) is 6.73. The maximum absolute atomic E-state index is 12.2. The van der Waals surface area contributed by atoms with E-state index in [0.29, 0.717) is 29.7 Å². The molecule has 0 aliphatic carbocycles. The Morgan fingerprint density at radius 2 is 1.76 bits per heavy atom. The second kappa shape index (κ2) is 7.27. The molecule has 0 heterocycles. The van der Waals surface area contributed by atoms with Gasteiger partial charge in [-0.1, -0.05) is 38.1 Å². The van der Waals surface area contributed by atoms with Crippen molar-refractivity contribution in [3.8, 4) is 5.75 Å². The van der Waals surface area contributed by atoms with Gasteiger partial charge in [0.1, 0.15) is 12.4 Å². The van der Waals surface area contributed by atoms with Gasteiger partial charge in [0.15, 0.2) is 0 Å². The van der Waals surface area contributed by atoms with Gasteiger partial charge in [-0.3, -0.25) is 4.21 Å². The molecule has 0 aliphatic heterocycles. The van der Waals surface area contributed by atoms with Crippen LogP contribution in [0.15, 0.2) is 53.4 Å². The van der Waals surface area contributed by atoms with Crippen LogP contribution in [0.4, 0.5) is 5.69 Å². The highest BCUT2D eigenvalue weighted by Gasteiger charge is 2.06. The highest BCUT2D eigenvalue weighted by molar-refractivity contribution is 7.85. The van der Waals surface area contributed by atoms with Crippen LogP contribution in [-0.2, 0) is 10.8 Å². The fraction of sp³-hybridized carbons (Fsp3) is 0.294. The lowest BCUT2D eigenvalue weighted by atomic mass is 10.0. The summed E-state index contributed by atoms with van der Waals surface area (Å²) in [6.07, 6.45) is 0. The van der Waals surface area contributed by atoms with Crippen molar-refractivity contribution in [1.29, 1.82) is 0 Å². The van der Waals surface area contributed by atoms with Crippen LogP contribution >= 0.6 is 0 Å². The quantitative estimate of drug-likeness (QED) is 0.830. The van der Waals surface area contributed by atoms with Crippen molar-refractivity contribution in [1.82, 2.24) is 0 Å². The van der Waals surface area contributed by atoms with Crippen LogP contribution in [0.1, 0.15) is 25.3 Å². The Kier molecular flexibility index (Phi) is 5.39. The molecule has 2 aromatic carbocycles. The Morgan fingerprint density at radius 1 is 1.10 bits per heavy atom. The number of nitrogen functional groups attached to an aromatic ring is 1. The topological polar surface area (TPSA) is 52.3 Å². The fourth-order valence-electron chi connectivity index (χ4n) is 1.96. The lowest BCUT2D eigenvalue weighted by Crippen LogP contribution is -2.09. The lowest BCUT2D eigenvalue weighted by Gasteiger charge is -2.09. The third-order valence-electron chi connectivity index (χ3n) is 3.25. The number of ether oxygens (including phenoxy) is 1. The molecular formula is C17H21NO2S. The van der Waals surface area contributed by atoms with E-state index in [1.165, 1.54) is 5.56 Å². The number of nitrogens with two attached hydrogens (primary N) is 1. The molecule has 0 saturated heterocycles. The third-order valence-corrected chi connectivity index (χ3v) is 4.59.